The Hall–Kier alpha value is -2.50. The Morgan fingerprint density at radius 3 is 2.21 bits per heavy atom. The molecule has 1 aliphatic carbocycles. The van der Waals surface area contributed by atoms with E-state index in [0.29, 0.717) is 17.5 Å². The normalized spacial score (nSPS) is 19.0. The second kappa shape index (κ2) is 10.0. The smallest absolute Gasteiger partial charge is 0.206 e. The lowest BCUT2D eigenvalue weighted by atomic mass is 9.77. The van der Waals surface area contributed by atoms with E-state index >= 15 is 4.39 Å². The Morgan fingerprint density at radius 2 is 1.56 bits per heavy atom. The Balaban J connectivity index is 1.55. The minimum atomic E-state index is -5.14. The van der Waals surface area contributed by atoms with Crippen LogP contribution in [0.2, 0.25) is 0 Å². The van der Waals surface area contributed by atoms with Gasteiger partial charge in [0.2, 0.25) is 0 Å². The van der Waals surface area contributed by atoms with Gasteiger partial charge in [-0.15, -0.1) is 0 Å². The van der Waals surface area contributed by atoms with Crippen molar-refractivity contribution >= 4 is 10.8 Å². The molecule has 34 heavy (non-hydrogen) atoms. The fourth-order valence-electron chi connectivity index (χ4n) is 5.24. The van der Waals surface area contributed by atoms with Gasteiger partial charge in [-0.25, -0.2) is 13.2 Å². The summed E-state index contributed by atoms with van der Waals surface area (Å²) < 4.78 is 82.4. The molecule has 0 aliphatic heterocycles. The van der Waals surface area contributed by atoms with Crippen molar-refractivity contribution in [3.8, 4) is 11.1 Å². The highest BCUT2D eigenvalue weighted by Gasteiger charge is 2.38. The first-order chi connectivity index (χ1) is 16.2. The average Bonchev–Trinajstić information content (AvgIpc) is 2.78. The van der Waals surface area contributed by atoms with Gasteiger partial charge in [-0.1, -0.05) is 56.9 Å². The van der Waals surface area contributed by atoms with Crippen LogP contribution in [0.5, 0.6) is 0 Å². The second-order valence-electron chi connectivity index (χ2n) is 9.43. The number of hydrogen-bond donors (Lipinski definition) is 0. The van der Waals surface area contributed by atoms with Crippen LogP contribution in [0.15, 0.2) is 42.5 Å². The molecule has 0 bridgehead atoms. The molecule has 0 unspecified atom stereocenters. The van der Waals surface area contributed by atoms with E-state index in [2.05, 4.69) is 6.92 Å². The number of alkyl halides is 3. The third-order valence-electron chi connectivity index (χ3n) is 7.15. The van der Waals surface area contributed by atoms with E-state index in [0.717, 1.165) is 43.2 Å². The number of hydrogen-bond acceptors (Lipinski definition) is 0. The molecule has 1 aliphatic rings. The zero-order valence-corrected chi connectivity index (χ0v) is 19.1. The zero-order chi connectivity index (χ0) is 24.5. The van der Waals surface area contributed by atoms with Crippen LogP contribution >= 0.6 is 0 Å². The maximum Gasteiger partial charge on any atom is 0.422 e. The van der Waals surface area contributed by atoms with Gasteiger partial charge < -0.3 is 0 Å². The molecule has 0 radical (unpaired) electrons. The SMILES string of the molecule is CCCCCC1CCC(c2ccc(-c3ccc4c(F)c(C(F)(F)F)c(F)cc4c3)c(F)c2)CC1. The van der Waals surface area contributed by atoms with E-state index in [1.54, 1.807) is 6.07 Å². The zero-order valence-electron chi connectivity index (χ0n) is 19.1. The van der Waals surface area contributed by atoms with Gasteiger partial charge in [-0.05, 0) is 72.2 Å². The molecule has 4 rings (SSSR count). The van der Waals surface area contributed by atoms with Crippen LogP contribution in [0, 0.1) is 23.4 Å². The Labute approximate surface area is 196 Å². The highest BCUT2D eigenvalue weighted by Crippen LogP contribution is 2.40. The van der Waals surface area contributed by atoms with E-state index in [9.17, 15) is 22.0 Å². The average molecular weight is 479 g/mol. The van der Waals surface area contributed by atoms with Gasteiger partial charge in [0, 0.05) is 10.9 Å². The number of fused-ring (bicyclic) bond motifs is 1. The molecule has 0 amide bonds. The van der Waals surface area contributed by atoms with Crippen molar-refractivity contribution in [2.45, 2.75) is 70.4 Å². The molecule has 0 nitrogen and oxygen atoms in total. The Bertz CT molecular complexity index is 1160. The Kier molecular flexibility index (Phi) is 7.25. The summed E-state index contributed by atoms with van der Waals surface area (Å²) in [5.41, 5.74) is -0.362. The minimum absolute atomic E-state index is 0.0506. The maximum atomic E-state index is 15.1. The highest BCUT2D eigenvalue weighted by molar-refractivity contribution is 5.88. The van der Waals surface area contributed by atoms with Gasteiger partial charge in [-0.3, -0.25) is 0 Å². The first-order valence-electron chi connectivity index (χ1n) is 12.0. The Morgan fingerprint density at radius 1 is 0.824 bits per heavy atom. The minimum Gasteiger partial charge on any atom is -0.206 e. The maximum absolute atomic E-state index is 15.1. The molecule has 3 aromatic rings. The van der Waals surface area contributed by atoms with Gasteiger partial charge in [0.15, 0.2) is 0 Å². The molecule has 1 fully saturated rings. The largest absolute Gasteiger partial charge is 0.422 e. The predicted molar refractivity (Wildman–Crippen MR) is 123 cm³/mol. The molecule has 0 aromatic heterocycles. The molecular formula is C28H28F6. The summed E-state index contributed by atoms with van der Waals surface area (Å²) in [7, 11) is 0. The first-order valence-corrected chi connectivity index (χ1v) is 12.0. The van der Waals surface area contributed by atoms with E-state index in [1.165, 1.54) is 43.9 Å². The molecule has 0 saturated heterocycles. The monoisotopic (exact) mass is 478 g/mol. The summed E-state index contributed by atoms with van der Waals surface area (Å²) in [5, 5.41) is -0.407. The number of benzene rings is 3. The van der Waals surface area contributed by atoms with Crippen LogP contribution in [0.3, 0.4) is 0 Å². The van der Waals surface area contributed by atoms with Crippen molar-refractivity contribution in [1.29, 1.82) is 0 Å². The molecule has 6 heteroatoms. The molecule has 0 heterocycles. The van der Waals surface area contributed by atoms with Crippen molar-refractivity contribution in [3.63, 3.8) is 0 Å². The van der Waals surface area contributed by atoms with Crippen LogP contribution in [0.25, 0.3) is 21.9 Å². The van der Waals surface area contributed by atoms with Gasteiger partial charge in [-0.2, -0.15) is 13.2 Å². The lowest BCUT2D eigenvalue weighted by molar-refractivity contribution is -0.142. The topological polar surface area (TPSA) is 0 Å². The summed E-state index contributed by atoms with van der Waals surface area (Å²) >= 11 is 0. The van der Waals surface area contributed by atoms with Gasteiger partial charge in [0.25, 0.3) is 0 Å². The lowest BCUT2D eigenvalue weighted by Gasteiger charge is -2.29. The number of halogens is 6. The third kappa shape index (κ3) is 5.11. The highest BCUT2D eigenvalue weighted by atomic mass is 19.4. The summed E-state index contributed by atoms with van der Waals surface area (Å²) in [6.45, 7) is 2.20. The van der Waals surface area contributed by atoms with Crippen LogP contribution in [0.4, 0.5) is 26.3 Å². The van der Waals surface area contributed by atoms with E-state index < -0.39 is 29.2 Å². The predicted octanol–water partition coefficient (Wildman–Crippen LogP) is 9.80. The molecular weight excluding hydrogens is 450 g/mol. The summed E-state index contributed by atoms with van der Waals surface area (Å²) in [6, 6.07) is 9.53. The summed E-state index contributed by atoms with van der Waals surface area (Å²) in [6.07, 6.45) is 4.25. The van der Waals surface area contributed by atoms with Crippen molar-refractivity contribution in [1.82, 2.24) is 0 Å². The van der Waals surface area contributed by atoms with Crippen LogP contribution in [0.1, 0.15) is 75.3 Å². The summed E-state index contributed by atoms with van der Waals surface area (Å²) in [5.74, 6) is -2.73. The van der Waals surface area contributed by atoms with Crippen LogP contribution in [-0.4, -0.2) is 0 Å². The van der Waals surface area contributed by atoms with Gasteiger partial charge in [0.1, 0.15) is 23.0 Å². The molecule has 182 valence electrons. The van der Waals surface area contributed by atoms with Crippen molar-refractivity contribution in [3.05, 3.63) is 71.0 Å². The van der Waals surface area contributed by atoms with E-state index in [-0.39, 0.29) is 16.3 Å². The fourth-order valence-corrected chi connectivity index (χ4v) is 5.24. The first kappa shape index (κ1) is 24.6. The van der Waals surface area contributed by atoms with E-state index in [4.69, 9.17) is 0 Å². The molecule has 3 aromatic carbocycles. The van der Waals surface area contributed by atoms with Crippen molar-refractivity contribution in [2.75, 3.05) is 0 Å². The van der Waals surface area contributed by atoms with Crippen LogP contribution in [-0.2, 0) is 6.18 Å². The molecule has 0 spiro atoms. The number of unbranched alkanes of at least 4 members (excludes halogenated alkanes) is 2. The van der Waals surface area contributed by atoms with Crippen molar-refractivity contribution < 1.29 is 26.3 Å². The lowest BCUT2D eigenvalue weighted by Crippen LogP contribution is -2.13. The second-order valence-corrected chi connectivity index (χ2v) is 9.43. The molecule has 0 atom stereocenters. The van der Waals surface area contributed by atoms with Crippen LogP contribution < -0.4 is 0 Å². The number of rotatable bonds is 6. The third-order valence-corrected chi connectivity index (χ3v) is 7.15. The van der Waals surface area contributed by atoms with Crippen molar-refractivity contribution in [2.24, 2.45) is 5.92 Å². The standard InChI is InChI=1S/C28H28F6/c1-2-3-4-5-17-6-8-18(9-7-17)19-10-12-22(24(29)15-19)20-11-13-23-21(14-20)16-25(30)26(27(23)31)28(32,33)34/h10-18H,2-9H2,1H3. The van der Waals surface area contributed by atoms with Gasteiger partial charge >= 0.3 is 6.18 Å². The summed E-state index contributed by atoms with van der Waals surface area (Å²) in [4.78, 5) is 0. The quantitative estimate of drug-likeness (QED) is 0.244. The fraction of sp³-hybridized carbons (Fsp3) is 0.429. The van der Waals surface area contributed by atoms with E-state index in [1.807, 2.05) is 6.07 Å². The van der Waals surface area contributed by atoms with Gasteiger partial charge in [0.05, 0.1) is 0 Å². The molecule has 0 N–H and O–H groups in total. The molecule has 1 saturated carbocycles.